The predicted octanol–water partition coefficient (Wildman–Crippen LogP) is 4.58. The Morgan fingerprint density at radius 1 is 1.14 bits per heavy atom. The first-order valence-corrected chi connectivity index (χ1v) is 11.8. The van der Waals surface area contributed by atoms with E-state index < -0.39 is 0 Å². The average molecular weight is 414 g/mol. The average Bonchev–Trinajstić information content (AvgIpc) is 3.21. The molecule has 1 aromatic carbocycles. The molecule has 28 heavy (non-hydrogen) atoms. The molecule has 0 aliphatic carbocycles. The van der Waals surface area contributed by atoms with Crippen molar-refractivity contribution in [1.29, 1.82) is 0 Å². The minimum atomic E-state index is -0.289. The number of aromatic nitrogens is 1. The van der Waals surface area contributed by atoms with E-state index in [1.54, 1.807) is 23.1 Å². The summed E-state index contributed by atoms with van der Waals surface area (Å²) in [7, 11) is 0. The summed E-state index contributed by atoms with van der Waals surface area (Å²) in [6.07, 6.45) is -0.289. The Bertz CT molecular complexity index is 915. The Morgan fingerprint density at radius 2 is 1.89 bits per heavy atom. The lowest BCUT2D eigenvalue weighted by Crippen LogP contribution is -2.46. The molecule has 1 saturated heterocycles. The van der Waals surface area contributed by atoms with Crippen LogP contribution in [0, 0.1) is 0 Å². The highest BCUT2D eigenvalue weighted by atomic mass is 32.2. The van der Waals surface area contributed by atoms with Crippen molar-refractivity contribution in [3.05, 3.63) is 41.8 Å². The van der Waals surface area contributed by atoms with Gasteiger partial charge in [-0.05, 0) is 48.5 Å². The molecule has 0 unspecified atom stereocenters. The van der Waals surface area contributed by atoms with Crippen molar-refractivity contribution in [3.63, 3.8) is 0 Å². The maximum absolute atomic E-state index is 9.48. The molecule has 1 N–H and O–H groups in total. The van der Waals surface area contributed by atoms with Gasteiger partial charge in [0.05, 0.1) is 16.5 Å². The fraction of sp³-hybridized carbons (Fsp3) is 0.409. The van der Waals surface area contributed by atoms with Gasteiger partial charge in [0.25, 0.3) is 0 Å². The molecular weight excluding hydrogens is 386 g/mol. The second kappa shape index (κ2) is 8.82. The maximum Gasteiger partial charge on any atom is 0.147 e. The van der Waals surface area contributed by atoms with Crippen LogP contribution in [0.5, 0.6) is 0 Å². The first kappa shape index (κ1) is 19.7. The third-order valence-corrected chi connectivity index (χ3v) is 7.36. The zero-order valence-electron chi connectivity index (χ0n) is 16.5. The van der Waals surface area contributed by atoms with E-state index in [0.717, 1.165) is 49.8 Å². The number of hydrogen-bond donors (Lipinski definition) is 1. The smallest absolute Gasteiger partial charge is 0.147 e. The molecule has 1 aliphatic heterocycles. The van der Waals surface area contributed by atoms with Gasteiger partial charge in [-0.3, -0.25) is 0 Å². The van der Waals surface area contributed by atoms with Crippen LogP contribution in [0.15, 0.2) is 46.7 Å². The summed E-state index contributed by atoms with van der Waals surface area (Å²) in [5.41, 5.74) is 2.17. The number of fused-ring (bicyclic) bond motifs is 1. The van der Waals surface area contributed by atoms with Crippen LogP contribution in [0.25, 0.3) is 21.3 Å². The second-order valence-electron chi connectivity index (χ2n) is 7.28. The molecule has 6 heteroatoms. The molecule has 3 aromatic rings. The number of pyridine rings is 1. The van der Waals surface area contributed by atoms with Crippen LogP contribution >= 0.6 is 23.1 Å². The van der Waals surface area contributed by atoms with E-state index in [0.29, 0.717) is 5.75 Å². The molecule has 1 aliphatic rings. The van der Waals surface area contributed by atoms with Gasteiger partial charge in [0.2, 0.25) is 0 Å². The summed E-state index contributed by atoms with van der Waals surface area (Å²) in [5, 5.41) is 12.9. The van der Waals surface area contributed by atoms with Crippen molar-refractivity contribution < 1.29 is 5.11 Å². The van der Waals surface area contributed by atoms with E-state index in [1.807, 2.05) is 6.92 Å². The summed E-state index contributed by atoms with van der Waals surface area (Å²) < 4.78 is 1.29. The Balaban J connectivity index is 1.61. The van der Waals surface area contributed by atoms with Crippen LogP contribution in [0.3, 0.4) is 0 Å². The molecule has 148 valence electrons. The largest absolute Gasteiger partial charge is 0.393 e. The SMILES string of the molecule is CCN1CCN(c2nc(-c3ccc(SC[C@@H](C)O)cc3)cc3ccsc23)CC1. The van der Waals surface area contributed by atoms with E-state index in [4.69, 9.17) is 4.98 Å². The Hall–Kier alpha value is -1.60. The van der Waals surface area contributed by atoms with Crippen LogP contribution in [-0.2, 0) is 0 Å². The quantitative estimate of drug-likeness (QED) is 0.599. The summed E-state index contributed by atoms with van der Waals surface area (Å²) in [6, 6.07) is 12.9. The van der Waals surface area contributed by atoms with Gasteiger partial charge in [0, 0.05) is 42.4 Å². The van der Waals surface area contributed by atoms with Crippen LogP contribution in [0.1, 0.15) is 13.8 Å². The normalized spacial score (nSPS) is 16.6. The monoisotopic (exact) mass is 413 g/mol. The van der Waals surface area contributed by atoms with Crippen molar-refractivity contribution in [1.82, 2.24) is 9.88 Å². The fourth-order valence-electron chi connectivity index (χ4n) is 3.54. The lowest BCUT2D eigenvalue weighted by molar-refractivity contribution is 0.220. The number of piperazine rings is 1. The van der Waals surface area contributed by atoms with E-state index in [1.165, 1.54) is 15.0 Å². The molecule has 3 heterocycles. The van der Waals surface area contributed by atoms with Crippen LogP contribution in [0.4, 0.5) is 5.82 Å². The molecule has 0 amide bonds. The van der Waals surface area contributed by atoms with Gasteiger partial charge >= 0.3 is 0 Å². The number of anilines is 1. The molecule has 0 spiro atoms. The van der Waals surface area contributed by atoms with Crippen molar-refractivity contribution in [2.75, 3.05) is 43.4 Å². The summed E-state index contributed by atoms with van der Waals surface area (Å²) in [6.45, 7) is 9.45. The number of nitrogens with zero attached hydrogens (tertiary/aromatic N) is 3. The topological polar surface area (TPSA) is 39.6 Å². The number of rotatable bonds is 6. The van der Waals surface area contributed by atoms with E-state index in [-0.39, 0.29) is 6.10 Å². The van der Waals surface area contributed by atoms with Gasteiger partial charge in [0.1, 0.15) is 5.82 Å². The minimum absolute atomic E-state index is 0.289. The van der Waals surface area contributed by atoms with Crippen LogP contribution in [0.2, 0.25) is 0 Å². The maximum atomic E-state index is 9.48. The Labute approximate surface area is 175 Å². The van der Waals surface area contributed by atoms with Gasteiger partial charge in [-0.2, -0.15) is 0 Å². The fourth-order valence-corrected chi connectivity index (χ4v) is 5.19. The number of aliphatic hydroxyl groups excluding tert-OH is 1. The van der Waals surface area contributed by atoms with Gasteiger partial charge in [-0.1, -0.05) is 19.1 Å². The number of thiophene rings is 1. The first-order valence-electron chi connectivity index (χ1n) is 9.91. The third kappa shape index (κ3) is 4.35. The highest BCUT2D eigenvalue weighted by molar-refractivity contribution is 7.99. The Kier molecular flexibility index (Phi) is 6.21. The molecule has 4 rings (SSSR count). The predicted molar refractivity (Wildman–Crippen MR) is 122 cm³/mol. The van der Waals surface area contributed by atoms with E-state index >= 15 is 0 Å². The summed E-state index contributed by atoms with van der Waals surface area (Å²) in [4.78, 5) is 11.2. The van der Waals surface area contributed by atoms with E-state index in [2.05, 4.69) is 58.5 Å². The molecule has 1 atom stereocenters. The number of likely N-dealkylation sites (N-methyl/N-ethyl adjacent to an activating group) is 1. The molecular formula is C22H27N3OS2. The minimum Gasteiger partial charge on any atom is -0.393 e. The van der Waals surface area contributed by atoms with Crippen molar-refractivity contribution in [2.24, 2.45) is 0 Å². The molecule has 4 nitrogen and oxygen atoms in total. The lowest BCUT2D eigenvalue weighted by atomic mass is 10.1. The lowest BCUT2D eigenvalue weighted by Gasteiger charge is -2.35. The van der Waals surface area contributed by atoms with Gasteiger partial charge in [0.15, 0.2) is 0 Å². The molecule has 0 saturated carbocycles. The first-order chi connectivity index (χ1) is 13.6. The number of aliphatic hydroxyl groups is 1. The zero-order chi connectivity index (χ0) is 19.5. The summed E-state index contributed by atoms with van der Waals surface area (Å²) in [5.74, 6) is 1.85. The van der Waals surface area contributed by atoms with Crippen LogP contribution < -0.4 is 4.90 Å². The highest BCUT2D eigenvalue weighted by Gasteiger charge is 2.20. The number of benzene rings is 1. The molecule has 0 bridgehead atoms. The summed E-state index contributed by atoms with van der Waals surface area (Å²) >= 11 is 3.47. The zero-order valence-corrected chi connectivity index (χ0v) is 18.1. The van der Waals surface area contributed by atoms with Gasteiger partial charge in [-0.15, -0.1) is 23.1 Å². The van der Waals surface area contributed by atoms with E-state index in [9.17, 15) is 5.11 Å². The second-order valence-corrected chi connectivity index (χ2v) is 9.29. The number of hydrogen-bond acceptors (Lipinski definition) is 6. The van der Waals surface area contributed by atoms with Crippen molar-refractivity contribution in [3.8, 4) is 11.3 Å². The Morgan fingerprint density at radius 3 is 2.57 bits per heavy atom. The highest BCUT2D eigenvalue weighted by Crippen LogP contribution is 2.34. The molecule has 0 radical (unpaired) electrons. The van der Waals surface area contributed by atoms with Crippen LogP contribution in [-0.4, -0.2) is 59.6 Å². The van der Waals surface area contributed by atoms with Crippen molar-refractivity contribution >= 4 is 39.0 Å². The molecule has 1 fully saturated rings. The third-order valence-electron chi connectivity index (χ3n) is 5.18. The van der Waals surface area contributed by atoms with Crippen molar-refractivity contribution in [2.45, 2.75) is 24.8 Å². The standard InChI is InChI=1S/C22H27N3OS2/c1-3-24-9-11-25(12-10-24)22-21-18(8-13-27-21)14-20(23-22)17-4-6-19(7-5-17)28-15-16(2)26/h4-8,13-14,16,26H,3,9-12,15H2,1-2H3/t16-/m1/s1. The molecule has 2 aromatic heterocycles. The van der Waals surface area contributed by atoms with Gasteiger partial charge in [-0.25, -0.2) is 4.98 Å². The van der Waals surface area contributed by atoms with Gasteiger partial charge < -0.3 is 14.9 Å². The number of thioether (sulfide) groups is 1.